The molecule has 0 radical (unpaired) electrons. The van der Waals surface area contributed by atoms with Gasteiger partial charge in [-0.3, -0.25) is 34.6 Å². The van der Waals surface area contributed by atoms with Crippen molar-refractivity contribution in [3.8, 4) is 40.2 Å². The summed E-state index contributed by atoms with van der Waals surface area (Å²) in [6.07, 6.45) is 30.5. The molecule has 5 aromatic rings. The van der Waals surface area contributed by atoms with Crippen LogP contribution in [0.1, 0.15) is 407 Å². The first-order valence-corrected chi connectivity index (χ1v) is 54.7. The van der Waals surface area contributed by atoms with Crippen molar-refractivity contribution >= 4 is 71.9 Å². The van der Waals surface area contributed by atoms with Crippen molar-refractivity contribution in [2.75, 3.05) is 26.4 Å². The van der Waals surface area contributed by atoms with Crippen LogP contribution < -0.4 is 14.3 Å². The third kappa shape index (κ3) is 35.5. The number of unbranched alkanes of at least 4 members (excludes halogenated alkanes) is 7. The zero-order valence-electron chi connectivity index (χ0n) is 86.5. The highest BCUT2D eigenvalue weighted by molar-refractivity contribution is 6.66. The van der Waals surface area contributed by atoms with E-state index in [2.05, 4.69) is 166 Å². The van der Waals surface area contributed by atoms with Gasteiger partial charge in [0, 0.05) is 138 Å². The Kier molecular flexibility index (Phi) is 42.7. The van der Waals surface area contributed by atoms with Crippen molar-refractivity contribution < 1.29 is 62.3 Å². The molecule has 0 spiro atoms. The number of esters is 2. The number of rotatable bonds is 35. The van der Waals surface area contributed by atoms with Crippen LogP contribution in [0.3, 0.4) is 0 Å². The number of aromatic hydroxyl groups is 5. The standard InChI is InChI=1S/C48H78N2O6Si.C40H62N2O6Si.C21H33ClN2O/c1-13-54-57(12,55-14-2)28-24-20-18-16-15-17-19-21-27-43(51)56-38-30-36(45(53)40(32-38)48(9,10)11)34-50-42-26-23-22-25-41(42)49-33-35-29-37(46(3,4)5)31-39(44(35)52)47(6,7)8;1-13-46-49(12,47-14-2)20-19-35(43)48-30-22-28(37(45)32(24-30)40(9,10)11)26-42-34-18-16-15-17-33(34)41-25-27-21-29(38(3,4)5)23-31(36(27)44)39(6,7)8;1-20(2,3)15-11-14(19(25)16(12-15)21(4,5)6)13-23-17-9-7-8-10-18(17)24-22/h29-34,41-42,52-53H,13-28H2,1-12H3;21-26,33-34,44-45H,13-20H2,1-12H3;11-13,17-18,24-25H,7-10H2,1-6H3/t41-,42-;33-,34-;17-,18-/m111/s1. The molecule has 0 amide bonds. The molecule has 19 nitrogen and oxygen atoms in total. The summed E-state index contributed by atoms with van der Waals surface area (Å²) in [7, 11) is -4.48. The second kappa shape index (κ2) is 49.6. The molecule has 8 rings (SSSR count). The molecule has 131 heavy (non-hydrogen) atoms. The highest BCUT2D eigenvalue weighted by Crippen LogP contribution is 2.44. The summed E-state index contributed by atoms with van der Waals surface area (Å²) in [6.45, 7) is 65.5. The lowest BCUT2D eigenvalue weighted by Gasteiger charge is -2.28. The molecule has 6 N–H and O–H groups in total. The average Bonchev–Trinajstić information content (AvgIpc) is 0.646. The predicted octanol–water partition coefficient (Wildman–Crippen LogP) is 27.1. The summed E-state index contributed by atoms with van der Waals surface area (Å²) in [6, 6.07) is 21.1. The van der Waals surface area contributed by atoms with Crippen LogP contribution in [0.15, 0.2) is 85.6 Å². The lowest BCUT2D eigenvalue weighted by molar-refractivity contribution is -0.135. The molecule has 3 fully saturated rings. The molecule has 3 aliphatic rings. The van der Waals surface area contributed by atoms with E-state index in [-0.39, 0.29) is 116 Å². The van der Waals surface area contributed by atoms with Crippen LogP contribution in [0, 0.1) is 0 Å². The number of halogens is 1. The van der Waals surface area contributed by atoms with Crippen LogP contribution in [0.5, 0.6) is 40.2 Å². The highest BCUT2D eigenvalue weighted by atomic mass is 35.5. The van der Waals surface area contributed by atoms with Crippen molar-refractivity contribution in [1.29, 1.82) is 0 Å². The Morgan fingerprint density at radius 3 is 0.863 bits per heavy atom. The maximum absolute atomic E-state index is 13.0. The minimum atomic E-state index is -2.47. The topological polar surface area (TPSA) is 264 Å². The minimum absolute atomic E-state index is 0.0152. The number of hydrogen-bond donors (Lipinski definition) is 6. The molecule has 0 saturated heterocycles. The van der Waals surface area contributed by atoms with Crippen molar-refractivity contribution in [2.24, 2.45) is 25.0 Å². The molecule has 3 saturated carbocycles. The summed E-state index contributed by atoms with van der Waals surface area (Å²) in [5.74, 6) is 1.34. The molecule has 0 heterocycles. The van der Waals surface area contributed by atoms with E-state index in [0.29, 0.717) is 65.2 Å². The fraction of sp³-hybridized carbons (Fsp3) is 0.661. The molecule has 22 heteroatoms. The average molecular weight is 1870 g/mol. The van der Waals surface area contributed by atoms with Gasteiger partial charge in [0.25, 0.3) is 0 Å². The first-order valence-electron chi connectivity index (χ1n) is 49.3. The molecule has 732 valence electrons. The number of nitrogens with one attached hydrogen (secondary N) is 1. The number of aliphatic imine (C=N–C) groups is 5. The Morgan fingerprint density at radius 2 is 0.580 bits per heavy atom. The second-order valence-corrected chi connectivity index (χ2v) is 52.2. The third-order valence-electron chi connectivity index (χ3n) is 25.4. The van der Waals surface area contributed by atoms with E-state index in [1.807, 2.05) is 100 Å². The van der Waals surface area contributed by atoms with E-state index in [4.69, 9.17) is 63.9 Å². The highest BCUT2D eigenvalue weighted by Gasteiger charge is 2.36. The van der Waals surface area contributed by atoms with Crippen LogP contribution in [0.2, 0.25) is 25.2 Å². The van der Waals surface area contributed by atoms with E-state index >= 15 is 0 Å². The molecule has 0 unspecified atom stereocenters. The fourth-order valence-corrected chi connectivity index (χ4v) is 22.2. The summed E-state index contributed by atoms with van der Waals surface area (Å²) < 4.78 is 35.4. The summed E-state index contributed by atoms with van der Waals surface area (Å²) in [5, 5.41) is 56.2. The maximum Gasteiger partial charge on any atom is 0.335 e. The molecule has 0 aromatic heterocycles. The number of nitrogens with zero attached hydrogens (tertiary/aromatic N) is 5. The summed E-state index contributed by atoms with van der Waals surface area (Å²) in [4.78, 5) is 53.7. The maximum atomic E-state index is 13.0. The quantitative estimate of drug-likeness (QED) is 0.00550. The zero-order valence-corrected chi connectivity index (χ0v) is 89.3. The molecule has 6 atom stereocenters. The van der Waals surface area contributed by atoms with Crippen LogP contribution in [0.25, 0.3) is 0 Å². The Hall–Kier alpha value is -7.09. The van der Waals surface area contributed by atoms with Gasteiger partial charge in [0.05, 0.1) is 30.2 Å². The smallest absolute Gasteiger partial charge is 0.335 e. The van der Waals surface area contributed by atoms with Crippen LogP contribution in [-0.4, -0.2) is 148 Å². The van der Waals surface area contributed by atoms with E-state index < -0.39 is 22.5 Å². The Balaban J connectivity index is 0.000000323. The Labute approximate surface area is 798 Å². The van der Waals surface area contributed by atoms with Gasteiger partial charge in [-0.15, -0.1) is 0 Å². The lowest BCUT2D eigenvalue weighted by Crippen LogP contribution is -2.39. The van der Waals surface area contributed by atoms with Gasteiger partial charge in [0.1, 0.15) is 40.2 Å². The lowest BCUT2D eigenvalue weighted by atomic mass is 9.79. The number of hydrogen-bond acceptors (Lipinski definition) is 19. The third-order valence-corrected chi connectivity index (χ3v) is 31.7. The Bertz CT molecular complexity index is 4620. The van der Waals surface area contributed by atoms with Gasteiger partial charge in [-0.2, -0.15) is 0 Å². The first-order chi connectivity index (χ1) is 60.9. The molecule has 0 bridgehead atoms. The number of phenols is 5. The SMILES string of the molecule is CC(C)(C)c1cc(C=N[C@@H]2CCCC[C@H]2NCl)c(O)c(C(C)(C)C)c1.CCO[Si](C)(CCC(=O)Oc1cc(C=N[C@@H]2CCCC[C@H]2N=Cc2cc(C(C)(C)C)cc(C(C)(C)C)c2O)c(O)c(C(C)(C)C)c1)OCC.CCO[Si](C)(CCCCCCCCCCC(=O)Oc1cc(C=N[C@@H]2CCCC[C@H]2N=Cc2cc(C(C)(C)C)cc(C(C)(C)C)c2O)c(O)c(C(C)(C)C)c1)OCC. The Morgan fingerprint density at radius 1 is 0.336 bits per heavy atom. The minimum Gasteiger partial charge on any atom is -0.507 e. The normalized spacial score (nSPS) is 18.5. The van der Waals surface area contributed by atoms with Crippen molar-refractivity contribution in [1.82, 2.24) is 4.84 Å². The second-order valence-electron chi connectivity index (χ2n) is 45.3. The van der Waals surface area contributed by atoms with Crippen LogP contribution in [0.4, 0.5) is 0 Å². The zero-order chi connectivity index (χ0) is 98.1. The summed E-state index contributed by atoms with van der Waals surface area (Å²) >= 11 is 5.88. The van der Waals surface area contributed by atoms with E-state index in [0.717, 1.165) is 154 Å². The predicted molar refractivity (Wildman–Crippen MR) is 552 cm³/mol. The molecule has 0 aliphatic heterocycles. The van der Waals surface area contributed by atoms with E-state index in [1.165, 1.54) is 44.1 Å². The number of ether oxygens (including phenoxy) is 2. The van der Waals surface area contributed by atoms with Gasteiger partial charge in [-0.05, 0) is 206 Å². The van der Waals surface area contributed by atoms with E-state index in [1.54, 1.807) is 36.7 Å². The van der Waals surface area contributed by atoms with Gasteiger partial charge >= 0.3 is 29.1 Å². The van der Waals surface area contributed by atoms with Gasteiger partial charge < -0.3 is 52.7 Å². The summed E-state index contributed by atoms with van der Waals surface area (Å²) in [5.41, 5.74) is 9.48. The number of phenolic OH excluding ortho intramolecular Hbond substituents is 5. The first kappa shape index (κ1) is 113. The molecule has 3 aliphatic carbocycles. The van der Waals surface area contributed by atoms with Gasteiger partial charge in [-0.25, -0.2) is 4.84 Å². The number of benzene rings is 5. The molecular formula is C109H173ClN6O13Si2. The van der Waals surface area contributed by atoms with E-state index in [9.17, 15) is 35.1 Å². The largest absolute Gasteiger partial charge is 0.507 e. The van der Waals surface area contributed by atoms with Crippen molar-refractivity contribution in [2.45, 2.75) is 440 Å². The molecular weight excluding hydrogens is 1690 g/mol. The van der Waals surface area contributed by atoms with Crippen molar-refractivity contribution in [3.63, 3.8) is 0 Å². The van der Waals surface area contributed by atoms with Crippen LogP contribution >= 0.6 is 11.8 Å². The van der Waals surface area contributed by atoms with Crippen LogP contribution in [-0.2, 0) is 70.6 Å². The van der Waals surface area contributed by atoms with Gasteiger partial charge in [0.2, 0.25) is 0 Å². The fourth-order valence-electron chi connectivity index (χ4n) is 17.2. The van der Waals surface area contributed by atoms with Gasteiger partial charge in [-0.1, -0.05) is 268 Å². The van der Waals surface area contributed by atoms with Crippen molar-refractivity contribution in [3.05, 3.63) is 133 Å². The monoisotopic (exact) mass is 1870 g/mol. The number of carbonyl (C=O) groups is 2. The number of carbonyl (C=O) groups excluding carboxylic acids is 2. The molecule has 5 aromatic carbocycles. The van der Waals surface area contributed by atoms with Gasteiger partial charge in [0.15, 0.2) is 0 Å².